The normalized spacial score (nSPS) is 12.5. The van der Waals surface area contributed by atoms with E-state index >= 15 is 0 Å². The standard InChI is InChI=1S/C73H143NO5/c1-3-5-7-9-11-13-15-17-19-20-21-22-23-25-28-31-34-38-41-45-49-53-57-61-65-71(76)70(69-75)74-72(77)66-62-58-54-50-46-42-39-35-32-29-26-24-27-30-33-36-40-44-48-52-56-60-64-68-79-73(78)67-63-59-55-51-47-43-37-18-16-14-12-10-8-6-4-2/h29,32,70-71,75-76H,3-28,30-31,33-69H2,1-2H3,(H,74,77)/b32-29-. The van der Waals surface area contributed by atoms with Crippen LogP contribution in [0.5, 0.6) is 0 Å². The largest absolute Gasteiger partial charge is 0.466 e. The molecule has 0 saturated carbocycles. The van der Waals surface area contributed by atoms with Crippen molar-refractivity contribution in [2.75, 3.05) is 13.2 Å². The molecule has 0 aromatic rings. The van der Waals surface area contributed by atoms with Gasteiger partial charge >= 0.3 is 5.97 Å². The second-order valence-electron chi connectivity index (χ2n) is 25.3. The van der Waals surface area contributed by atoms with Crippen molar-refractivity contribution in [2.45, 2.75) is 431 Å². The van der Waals surface area contributed by atoms with Crippen molar-refractivity contribution >= 4 is 11.9 Å². The van der Waals surface area contributed by atoms with E-state index in [9.17, 15) is 19.8 Å². The second-order valence-corrected chi connectivity index (χ2v) is 25.3. The Hall–Kier alpha value is -1.40. The molecule has 6 heteroatoms. The van der Waals surface area contributed by atoms with E-state index in [0.717, 1.165) is 38.5 Å². The highest BCUT2D eigenvalue weighted by Gasteiger charge is 2.20. The zero-order valence-electron chi connectivity index (χ0n) is 53.9. The summed E-state index contributed by atoms with van der Waals surface area (Å²) in [4.78, 5) is 24.6. The van der Waals surface area contributed by atoms with Crippen LogP contribution >= 0.6 is 0 Å². The fourth-order valence-electron chi connectivity index (χ4n) is 11.8. The molecule has 2 unspecified atom stereocenters. The molecule has 0 spiro atoms. The van der Waals surface area contributed by atoms with Crippen LogP contribution in [0.3, 0.4) is 0 Å². The first-order valence-electron chi connectivity index (χ1n) is 36.4. The number of esters is 1. The highest BCUT2D eigenvalue weighted by atomic mass is 16.5. The van der Waals surface area contributed by atoms with Gasteiger partial charge in [0.1, 0.15) is 0 Å². The number of rotatable bonds is 69. The van der Waals surface area contributed by atoms with E-state index in [1.54, 1.807) is 0 Å². The van der Waals surface area contributed by atoms with E-state index in [2.05, 4.69) is 31.3 Å². The van der Waals surface area contributed by atoms with Gasteiger partial charge in [0.25, 0.3) is 0 Å². The minimum absolute atomic E-state index is 0.0158. The van der Waals surface area contributed by atoms with Gasteiger partial charge in [-0.3, -0.25) is 9.59 Å². The van der Waals surface area contributed by atoms with Gasteiger partial charge in [-0.2, -0.15) is 0 Å². The van der Waals surface area contributed by atoms with Crippen molar-refractivity contribution in [3.63, 3.8) is 0 Å². The van der Waals surface area contributed by atoms with E-state index in [1.165, 1.54) is 347 Å². The molecule has 3 N–H and O–H groups in total. The third-order valence-corrected chi connectivity index (χ3v) is 17.3. The zero-order chi connectivity index (χ0) is 57.1. The monoisotopic (exact) mass is 1110 g/mol. The zero-order valence-corrected chi connectivity index (χ0v) is 53.9. The molecule has 0 radical (unpaired) electrons. The predicted molar refractivity (Wildman–Crippen MR) is 347 cm³/mol. The van der Waals surface area contributed by atoms with Crippen molar-refractivity contribution in [3.8, 4) is 0 Å². The van der Waals surface area contributed by atoms with Gasteiger partial charge in [0.15, 0.2) is 0 Å². The summed E-state index contributed by atoms with van der Waals surface area (Å²) < 4.78 is 5.50. The third-order valence-electron chi connectivity index (χ3n) is 17.3. The van der Waals surface area contributed by atoms with Crippen LogP contribution in [-0.4, -0.2) is 47.4 Å². The fourth-order valence-corrected chi connectivity index (χ4v) is 11.8. The molecule has 0 aromatic carbocycles. The molecule has 0 saturated heterocycles. The Morgan fingerprint density at radius 2 is 0.595 bits per heavy atom. The SMILES string of the molecule is CCCCCCCCCCCCCCCCCCCCCCCCCCC(O)C(CO)NC(=O)CCCCCCCCC/C=C\CCCCCCCCCCCCCCOC(=O)CCCCCCCCCCCCCCCCC. The molecule has 0 rings (SSSR count). The summed E-state index contributed by atoms with van der Waals surface area (Å²) >= 11 is 0. The van der Waals surface area contributed by atoms with Crippen molar-refractivity contribution in [3.05, 3.63) is 12.2 Å². The van der Waals surface area contributed by atoms with Gasteiger partial charge in [0.2, 0.25) is 5.91 Å². The van der Waals surface area contributed by atoms with E-state index in [-0.39, 0.29) is 18.5 Å². The third kappa shape index (κ3) is 65.6. The average molecular weight is 1110 g/mol. The first-order chi connectivity index (χ1) is 39.0. The van der Waals surface area contributed by atoms with Gasteiger partial charge < -0.3 is 20.3 Å². The van der Waals surface area contributed by atoms with Gasteiger partial charge in [-0.25, -0.2) is 0 Å². The minimum Gasteiger partial charge on any atom is -0.466 e. The van der Waals surface area contributed by atoms with Crippen LogP contribution < -0.4 is 5.32 Å². The van der Waals surface area contributed by atoms with Crippen LogP contribution in [0.1, 0.15) is 418 Å². The van der Waals surface area contributed by atoms with E-state index in [1.807, 2.05) is 0 Å². The Balaban J connectivity index is 3.39. The average Bonchev–Trinajstić information content (AvgIpc) is 3.45. The number of ether oxygens (including phenoxy) is 1. The molecule has 1 amide bonds. The number of carbonyl (C=O) groups excluding carboxylic acids is 2. The number of allylic oxidation sites excluding steroid dienone is 2. The smallest absolute Gasteiger partial charge is 0.305 e. The number of aliphatic hydroxyl groups excluding tert-OH is 2. The maximum atomic E-state index is 12.6. The number of hydrogen-bond acceptors (Lipinski definition) is 5. The van der Waals surface area contributed by atoms with Crippen molar-refractivity contribution in [1.29, 1.82) is 0 Å². The van der Waals surface area contributed by atoms with Gasteiger partial charge in [-0.05, 0) is 51.4 Å². The number of nitrogens with one attached hydrogen (secondary N) is 1. The molecule has 0 bridgehead atoms. The number of hydrogen-bond donors (Lipinski definition) is 3. The molecular formula is C73H143NO5. The molecule has 79 heavy (non-hydrogen) atoms. The Labute approximate surface area is 495 Å². The lowest BCUT2D eigenvalue weighted by Crippen LogP contribution is -2.45. The van der Waals surface area contributed by atoms with Gasteiger partial charge in [0, 0.05) is 12.8 Å². The van der Waals surface area contributed by atoms with Crippen LogP contribution in [0, 0.1) is 0 Å². The van der Waals surface area contributed by atoms with Gasteiger partial charge in [-0.1, -0.05) is 366 Å². The summed E-state index contributed by atoms with van der Waals surface area (Å²) in [6, 6.07) is -0.547. The maximum Gasteiger partial charge on any atom is 0.305 e. The van der Waals surface area contributed by atoms with Gasteiger partial charge in [-0.15, -0.1) is 0 Å². The Kier molecular flexibility index (Phi) is 67.9. The fraction of sp³-hybridized carbons (Fsp3) is 0.945. The Morgan fingerprint density at radius 3 is 0.899 bits per heavy atom. The Morgan fingerprint density at radius 1 is 0.342 bits per heavy atom. The van der Waals surface area contributed by atoms with Gasteiger partial charge in [0.05, 0.1) is 25.4 Å². The first kappa shape index (κ1) is 77.6. The molecule has 0 aliphatic carbocycles. The number of unbranched alkanes of at least 4 members (excludes halogenated alkanes) is 56. The number of carbonyl (C=O) groups is 2. The van der Waals surface area contributed by atoms with Crippen LogP contribution in [-0.2, 0) is 14.3 Å². The Bertz CT molecular complexity index is 1190. The van der Waals surface area contributed by atoms with E-state index in [0.29, 0.717) is 25.9 Å². The second kappa shape index (κ2) is 69.1. The molecule has 6 nitrogen and oxygen atoms in total. The predicted octanol–water partition coefficient (Wildman–Crippen LogP) is 23.5. The quantitative estimate of drug-likeness (QED) is 0.0320. The molecular weight excluding hydrogens is 971 g/mol. The molecule has 0 aromatic heterocycles. The first-order valence-corrected chi connectivity index (χ1v) is 36.4. The van der Waals surface area contributed by atoms with Crippen LogP contribution in [0.4, 0.5) is 0 Å². The highest BCUT2D eigenvalue weighted by Crippen LogP contribution is 2.19. The topological polar surface area (TPSA) is 95.9 Å². The van der Waals surface area contributed by atoms with Crippen LogP contribution in [0.25, 0.3) is 0 Å². The summed E-state index contributed by atoms with van der Waals surface area (Å²) in [5, 5.41) is 23.4. The number of amides is 1. The highest BCUT2D eigenvalue weighted by molar-refractivity contribution is 5.76. The van der Waals surface area contributed by atoms with Crippen molar-refractivity contribution < 1.29 is 24.5 Å². The van der Waals surface area contributed by atoms with Crippen molar-refractivity contribution in [2.24, 2.45) is 0 Å². The maximum absolute atomic E-state index is 12.6. The molecule has 0 aliphatic heterocycles. The summed E-state index contributed by atoms with van der Waals surface area (Å²) in [5.74, 6) is -0.0201. The molecule has 2 atom stereocenters. The lowest BCUT2D eigenvalue weighted by molar-refractivity contribution is -0.143. The van der Waals surface area contributed by atoms with Crippen LogP contribution in [0.15, 0.2) is 12.2 Å². The molecule has 0 aliphatic rings. The van der Waals surface area contributed by atoms with Crippen LogP contribution in [0.2, 0.25) is 0 Å². The summed E-state index contributed by atoms with van der Waals surface area (Å²) in [6.07, 6.45) is 85.5. The molecule has 470 valence electrons. The lowest BCUT2D eigenvalue weighted by atomic mass is 10.0. The molecule has 0 fully saturated rings. The van der Waals surface area contributed by atoms with Crippen molar-refractivity contribution in [1.82, 2.24) is 5.32 Å². The minimum atomic E-state index is -0.669. The summed E-state index contributed by atoms with van der Waals surface area (Å²) in [7, 11) is 0. The van der Waals surface area contributed by atoms with E-state index < -0.39 is 12.1 Å². The lowest BCUT2D eigenvalue weighted by Gasteiger charge is -2.22. The summed E-state index contributed by atoms with van der Waals surface area (Å²) in [5.41, 5.74) is 0. The molecule has 0 heterocycles. The number of aliphatic hydroxyl groups is 2. The summed E-state index contributed by atoms with van der Waals surface area (Å²) in [6.45, 7) is 5.00. The van der Waals surface area contributed by atoms with E-state index in [4.69, 9.17) is 4.74 Å².